The second kappa shape index (κ2) is 5.97. The highest BCUT2D eigenvalue weighted by atomic mass is 16.3. The van der Waals surface area contributed by atoms with Crippen LogP contribution < -0.4 is 5.32 Å². The van der Waals surface area contributed by atoms with Gasteiger partial charge in [0.1, 0.15) is 0 Å². The lowest BCUT2D eigenvalue weighted by atomic mass is 10.2. The fourth-order valence-corrected chi connectivity index (χ4v) is 0.837. The van der Waals surface area contributed by atoms with Crippen LogP contribution >= 0.6 is 0 Å². The number of carbonyl (C=O) groups is 1. The first-order valence-electron chi connectivity index (χ1n) is 4.15. The normalized spacial score (nSPS) is 13.1. The number of nitrogens with one attached hydrogen (secondary N) is 1. The Morgan fingerprint density at radius 1 is 1.58 bits per heavy atom. The van der Waals surface area contributed by atoms with Crippen molar-refractivity contribution in [1.29, 1.82) is 0 Å². The van der Waals surface area contributed by atoms with Crippen LogP contribution in [-0.4, -0.2) is 49.2 Å². The molecule has 0 unspecified atom stereocenters. The van der Waals surface area contributed by atoms with E-state index in [9.17, 15) is 4.79 Å². The monoisotopic (exact) mass is 174 g/mol. The predicted molar refractivity (Wildman–Crippen MR) is 47.9 cm³/mol. The Balaban J connectivity index is 3.66. The van der Waals surface area contributed by atoms with E-state index in [1.54, 1.807) is 4.90 Å². The van der Waals surface area contributed by atoms with Crippen molar-refractivity contribution in [3.05, 3.63) is 0 Å². The van der Waals surface area contributed by atoms with Crippen molar-refractivity contribution in [3.8, 4) is 0 Å². The van der Waals surface area contributed by atoms with Gasteiger partial charge in [-0.25, -0.2) is 0 Å². The quantitative estimate of drug-likeness (QED) is 0.587. The molecule has 12 heavy (non-hydrogen) atoms. The molecule has 0 saturated carbocycles. The summed E-state index contributed by atoms with van der Waals surface area (Å²) in [5.74, 6) is -0.0408. The number of carbonyl (C=O) groups excluding carboxylic acids is 1. The molecule has 1 atom stereocenters. The van der Waals surface area contributed by atoms with E-state index < -0.39 is 0 Å². The SMILES string of the molecule is CC[C@@H](CO)NC(=O)CN(C)C. The number of likely N-dealkylation sites (N-methyl/N-ethyl adjacent to an activating group) is 1. The van der Waals surface area contributed by atoms with E-state index >= 15 is 0 Å². The first kappa shape index (κ1) is 11.4. The van der Waals surface area contributed by atoms with E-state index in [0.717, 1.165) is 6.42 Å². The van der Waals surface area contributed by atoms with Crippen LogP contribution in [0.1, 0.15) is 13.3 Å². The number of rotatable bonds is 5. The second-order valence-electron chi connectivity index (χ2n) is 3.09. The van der Waals surface area contributed by atoms with E-state index in [1.807, 2.05) is 21.0 Å². The fraction of sp³-hybridized carbons (Fsp3) is 0.875. The fourth-order valence-electron chi connectivity index (χ4n) is 0.837. The molecule has 0 rings (SSSR count). The van der Waals surface area contributed by atoms with Crippen molar-refractivity contribution in [2.75, 3.05) is 27.2 Å². The maximum Gasteiger partial charge on any atom is 0.234 e. The highest BCUT2D eigenvalue weighted by molar-refractivity contribution is 5.78. The van der Waals surface area contributed by atoms with E-state index in [4.69, 9.17) is 5.11 Å². The van der Waals surface area contributed by atoms with Crippen molar-refractivity contribution in [2.45, 2.75) is 19.4 Å². The molecule has 1 amide bonds. The van der Waals surface area contributed by atoms with E-state index in [1.165, 1.54) is 0 Å². The lowest BCUT2D eigenvalue weighted by molar-refractivity contribution is -0.122. The maximum absolute atomic E-state index is 11.1. The summed E-state index contributed by atoms with van der Waals surface area (Å²) < 4.78 is 0. The summed E-state index contributed by atoms with van der Waals surface area (Å²) in [6, 6.07) is -0.0996. The van der Waals surface area contributed by atoms with Gasteiger partial charge in [0.25, 0.3) is 0 Å². The summed E-state index contributed by atoms with van der Waals surface area (Å²) in [5.41, 5.74) is 0. The molecule has 0 heterocycles. The topological polar surface area (TPSA) is 52.6 Å². The first-order valence-corrected chi connectivity index (χ1v) is 4.15. The number of amides is 1. The number of hydrogen-bond acceptors (Lipinski definition) is 3. The van der Waals surface area contributed by atoms with Crippen molar-refractivity contribution >= 4 is 5.91 Å². The standard InChI is InChI=1S/C8H18N2O2/c1-4-7(6-11)9-8(12)5-10(2)3/h7,11H,4-6H2,1-3H3,(H,9,12)/t7-/m0/s1. The molecular formula is C8H18N2O2. The zero-order chi connectivity index (χ0) is 9.56. The van der Waals surface area contributed by atoms with Gasteiger partial charge in [0.2, 0.25) is 5.91 Å². The van der Waals surface area contributed by atoms with Crippen LogP contribution in [0.2, 0.25) is 0 Å². The van der Waals surface area contributed by atoms with Crippen LogP contribution in [0.5, 0.6) is 0 Å². The van der Waals surface area contributed by atoms with Crippen molar-refractivity contribution in [2.24, 2.45) is 0 Å². The molecule has 0 fully saturated rings. The summed E-state index contributed by atoms with van der Waals surface area (Å²) in [7, 11) is 3.67. The molecular weight excluding hydrogens is 156 g/mol. The van der Waals surface area contributed by atoms with Crippen LogP contribution in [-0.2, 0) is 4.79 Å². The molecule has 72 valence electrons. The minimum Gasteiger partial charge on any atom is -0.394 e. The first-order chi connectivity index (χ1) is 5.60. The average Bonchev–Trinajstić information content (AvgIpc) is 1.98. The molecule has 4 heteroatoms. The number of aliphatic hydroxyl groups is 1. The van der Waals surface area contributed by atoms with Gasteiger partial charge in [-0.15, -0.1) is 0 Å². The summed E-state index contributed by atoms with van der Waals surface area (Å²) in [6.07, 6.45) is 0.760. The zero-order valence-corrected chi connectivity index (χ0v) is 8.00. The minimum absolute atomic E-state index is 0.00959. The molecule has 0 bridgehead atoms. The Morgan fingerprint density at radius 2 is 2.17 bits per heavy atom. The molecule has 0 aromatic rings. The molecule has 0 aromatic heterocycles. The highest BCUT2D eigenvalue weighted by Gasteiger charge is 2.08. The molecule has 0 aromatic carbocycles. The molecule has 2 N–H and O–H groups in total. The van der Waals surface area contributed by atoms with Crippen molar-refractivity contribution < 1.29 is 9.90 Å². The molecule has 0 aliphatic rings. The second-order valence-corrected chi connectivity index (χ2v) is 3.09. The lowest BCUT2D eigenvalue weighted by Crippen LogP contribution is -2.41. The van der Waals surface area contributed by atoms with Gasteiger partial charge in [-0.3, -0.25) is 4.79 Å². The maximum atomic E-state index is 11.1. The Bertz CT molecular complexity index is 133. The number of nitrogens with zero attached hydrogens (tertiary/aromatic N) is 1. The van der Waals surface area contributed by atoms with Gasteiger partial charge in [0.15, 0.2) is 0 Å². The third kappa shape index (κ3) is 5.09. The Labute approximate surface area is 73.6 Å². The third-order valence-electron chi connectivity index (χ3n) is 1.54. The predicted octanol–water partition coefficient (Wildman–Crippen LogP) is -0.565. The molecule has 0 saturated heterocycles. The van der Waals surface area contributed by atoms with Crippen molar-refractivity contribution in [3.63, 3.8) is 0 Å². The Kier molecular flexibility index (Phi) is 5.66. The lowest BCUT2D eigenvalue weighted by Gasteiger charge is -2.15. The highest BCUT2D eigenvalue weighted by Crippen LogP contribution is 1.88. The van der Waals surface area contributed by atoms with Gasteiger partial charge in [0.05, 0.1) is 19.2 Å². The smallest absolute Gasteiger partial charge is 0.234 e. The molecule has 0 aliphatic carbocycles. The summed E-state index contributed by atoms with van der Waals surface area (Å²) in [5, 5.41) is 11.5. The molecule has 0 aliphatic heterocycles. The Hall–Kier alpha value is -0.610. The van der Waals surface area contributed by atoms with Crippen LogP contribution in [0.25, 0.3) is 0 Å². The van der Waals surface area contributed by atoms with Gasteiger partial charge in [-0.05, 0) is 20.5 Å². The van der Waals surface area contributed by atoms with Gasteiger partial charge in [0, 0.05) is 0 Å². The van der Waals surface area contributed by atoms with Crippen LogP contribution in [0.15, 0.2) is 0 Å². The van der Waals surface area contributed by atoms with Crippen LogP contribution in [0.3, 0.4) is 0 Å². The summed E-state index contributed by atoms with van der Waals surface area (Å²) in [4.78, 5) is 12.9. The molecule has 4 nitrogen and oxygen atoms in total. The summed E-state index contributed by atoms with van der Waals surface area (Å²) >= 11 is 0. The number of hydrogen-bond donors (Lipinski definition) is 2. The van der Waals surface area contributed by atoms with E-state index in [0.29, 0.717) is 6.54 Å². The zero-order valence-electron chi connectivity index (χ0n) is 8.00. The average molecular weight is 174 g/mol. The molecule has 0 spiro atoms. The van der Waals surface area contributed by atoms with Crippen LogP contribution in [0.4, 0.5) is 0 Å². The molecule has 0 radical (unpaired) electrons. The van der Waals surface area contributed by atoms with Gasteiger partial charge in [-0.2, -0.15) is 0 Å². The minimum atomic E-state index is -0.0996. The van der Waals surface area contributed by atoms with Crippen molar-refractivity contribution in [1.82, 2.24) is 10.2 Å². The van der Waals surface area contributed by atoms with E-state index in [2.05, 4.69) is 5.32 Å². The Morgan fingerprint density at radius 3 is 2.50 bits per heavy atom. The summed E-state index contributed by atoms with van der Waals surface area (Å²) in [6.45, 7) is 2.31. The number of aliphatic hydroxyl groups excluding tert-OH is 1. The van der Waals surface area contributed by atoms with E-state index in [-0.39, 0.29) is 18.6 Å². The van der Waals surface area contributed by atoms with Gasteiger partial charge in [-0.1, -0.05) is 6.92 Å². The van der Waals surface area contributed by atoms with Gasteiger partial charge < -0.3 is 15.3 Å². The largest absolute Gasteiger partial charge is 0.394 e. The van der Waals surface area contributed by atoms with Crippen LogP contribution in [0, 0.1) is 0 Å². The third-order valence-corrected chi connectivity index (χ3v) is 1.54. The van der Waals surface area contributed by atoms with Gasteiger partial charge >= 0.3 is 0 Å².